The largest absolute Gasteiger partial charge is 0.508 e. The summed E-state index contributed by atoms with van der Waals surface area (Å²) in [6.45, 7) is 3.78. The van der Waals surface area contributed by atoms with Crippen LogP contribution in [0.3, 0.4) is 0 Å². The highest BCUT2D eigenvalue weighted by atomic mass is 32.2. The fourth-order valence-electron chi connectivity index (χ4n) is 4.19. The van der Waals surface area contributed by atoms with E-state index in [4.69, 9.17) is 18.9 Å². The van der Waals surface area contributed by atoms with Gasteiger partial charge in [-0.3, -0.25) is 0 Å². The average Bonchev–Trinajstić information content (AvgIpc) is 3.44. The third kappa shape index (κ3) is 21.3. The maximum Gasteiger partial charge on any atom is 0.508 e. The summed E-state index contributed by atoms with van der Waals surface area (Å²) < 4.78 is 21.1. The molecule has 1 aliphatic heterocycles. The Morgan fingerprint density at radius 2 is 1.39 bits per heavy atom. The highest BCUT2D eigenvalue weighted by molar-refractivity contribution is 8.02. The van der Waals surface area contributed by atoms with E-state index in [1.165, 1.54) is 96.9 Å². The molecule has 0 saturated carbocycles. The van der Waals surface area contributed by atoms with Crippen molar-refractivity contribution in [2.24, 2.45) is 0 Å². The van der Waals surface area contributed by atoms with Crippen LogP contribution in [0, 0.1) is 0 Å². The smallest absolute Gasteiger partial charge is 0.440 e. The molecular formula is C29H54N2O6S. The molecule has 0 bridgehead atoms. The lowest BCUT2D eigenvalue weighted by molar-refractivity contribution is -0.0270. The van der Waals surface area contributed by atoms with Crippen molar-refractivity contribution in [2.75, 3.05) is 45.9 Å². The molecule has 0 radical (unpaired) electrons. The summed E-state index contributed by atoms with van der Waals surface area (Å²) in [6.07, 6.45) is 21.2. The molecule has 1 amide bonds. The second-order valence-electron chi connectivity index (χ2n) is 9.96. The minimum absolute atomic E-state index is 0.106. The molecule has 8 nitrogen and oxygen atoms in total. The van der Waals surface area contributed by atoms with Crippen molar-refractivity contribution in [3.8, 4) is 0 Å². The van der Waals surface area contributed by atoms with Gasteiger partial charge in [-0.25, -0.2) is 9.59 Å². The summed E-state index contributed by atoms with van der Waals surface area (Å²) in [5.41, 5.74) is 0. The summed E-state index contributed by atoms with van der Waals surface area (Å²) in [6, 6.07) is 0. The highest BCUT2D eigenvalue weighted by Gasteiger charge is 2.18. The Balaban J connectivity index is 1.95. The molecule has 1 unspecified atom stereocenters. The van der Waals surface area contributed by atoms with Crippen molar-refractivity contribution >= 4 is 24.0 Å². The lowest BCUT2D eigenvalue weighted by Crippen LogP contribution is -2.33. The molecule has 222 valence electrons. The molecule has 1 aliphatic rings. The normalized spacial score (nSPS) is 13.5. The van der Waals surface area contributed by atoms with E-state index in [0.29, 0.717) is 13.2 Å². The minimum atomic E-state index is -0.774. The molecule has 0 aliphatic carbocycles. The Hall–Kier alpha value is -1.61. The van der Waals surface area contributed by atoms with E-state index in [-0.39, 0.29) is 19.8 Å². The zero-order valence-electron chi connectivity index (χ0n) is 24.1. The van der Waals surface area contributed by atoms with Gasteiger partial charge in [0.2, 0.25) is 0 Å². The van der Waals surface area contributed by atoms with Crippen LogP contribution < -0.4 is 5.32 Å². The predicted molar refractivity (Wildman–Crippen MR) is 155 cm³/mol. The third-order valence-corrected chi connectivity index (χ3v) is 7.31. The fraction of sp³-hybridized carbons (Fsp3) is 0.862. The van der Waals surface area contributed by atoms with Gasteiger partial charge in [0.05, 0.1) is 19.0 Å². The van der Waals surface area contributed by atoms with E-state index in [2.05, 4.69) is 12.2 Å². The van der Waals surface area contributed by atoms with Gasteiger partial charge in [-0.05, 0) is 11.8 Å². The van der Waals surface area contributed by atoms with Crippen LogP contribution in [0.25, 0.3) is 0 Å². The molecule has 0 fully saturated rings. The Labute approximate surface area is 235 Å². The predicted octanol–water partition coefficient (Wildman–Crippen LogP) is 7.62. The average molecular weight is 559 g/mol. The number of rotatable bonds is 25. The van der Waals surface area contributed by atoms with Crippen LogP contribution in [0.4, 0.5) is 9.59 Å². The van der Waals surface area contributed by atoms with E-state index in [1.807, 2.05) is 16.5 Å². The molecule has 0 aromatic rings. The first-order valence-electron chi connectivity index (χ1n) is 14.9. The van der Waals surface area contributed by atoms with E-state index < -0.39 is 18.4 Å². The van der Waals surface area contributed by atoms with Crippen LogP contribution >= 0.6 is 11.8 Å². The summed E-state index contributed by atoms with van der Waals surface area (Å²) in [7, 11) is 1.48. The standard InChI is InChI=1S/C29H54N2O6S/c1-3-4-5-6-7-8-9-10-11-12-13-14-15-16-17-18-21-34-24-27(37-28(32)30-2)25-36-29(33)35-22-19-31-20-23-38-26-31/h20,23,27H,3-19,21-22,24-26H2,1-2H3,(H,30,32). The maximum absolute atomic E-state index is 11.8. The number of nitrogens with zero attached hydrogens (tertiary/aromatic N) is 1. The molecular weight excluding hydrogens is 504 g/mol. The molecule has 1 rings (SSSR count). The number of hydrogen-bond acceptors (Lipinski definition) is 8. The van der Waals surface area contributed by atoms with Gasteiger partial charge >= 0.3 is 12.2 Å². The van der Waals surface area contributed by atoms with Crippen molar-refractivity contribution in [1.29, 1.82) is 0 Å². The minimum Gasteiger partial charge on any atom is -0.440 e. The number of carbonyl (C=O) groups excluding carboxylic acids is 2. The van der Waals surface area contributed by atoms with Gasteiger partial charge in [0.1, 0.15) is 13.2 Å². The van der Waals surface area contributed by atoms with Gasteiger partial charge in [-0.2, -0.15) is 0 Å². The fourth-order valence-corrected chi connectivity index (χ4v) is 4.94. The Bertz CT molecular complexity index is 608. The lowest BCUT2D eigenvalue weighted by Gasteiger charge is -2.18. The number of thioether (sulfide) groups is 1. The summed E-state index contributed by atoms with van der Waals surface area (Å²) in [4.78, 5) is 25.5. The van der Waals surface area contributed by atoms with Gasteiger partial charge in [0, 0.05) is 19.9 Å². The number of nitrogens with one attached hydrogen (secondary N) is 1. The van der Waals surface area contributed by atoms with Crippen LogP contribution in [0.5, 0.6) is 0 Å². The first kappa shape index (κ1) is 34.4. The number of ether oxygens (including phenoxy) is 4. The highest BCUT2D eigenvalue weighted by Crippen LogP contribution is 2.15. The molecule has 0 aromatic heterocycles. The summed E-state index contributed by atoms with van der Waals surface area (Å²) in [5, 5.41) is 4.41. The number of amides is 1. The first-order valence-corrected chi connectivity index (χ1v) is 16.0. The van der Waals surface area contributed by atoms with Crippen molar-refractivity contribution in [3.05, 3.63) is 11.6 Å². The number of alkyl carbamates (subject to hydrolysis) is 1. The SMILES string of the molecule is CCCCCCCCCCCCCCCCCCOCC(COC(=O)OCCN1C=CSC1)OC(=O)NC. The van der Waals surface area contributed by atoms with Crippen LogP contribution in [0.15, 0.2) is 11.6 Å². The molecule has 1 atom stereocenters. The van der Waals surface area contributed by atoms with Gasteiger partial charge in [-0.15, -0.1) is 11.8 Å². The molecule has 38 heavy (non-hydrogen) atoms. The zero-order chi connectivity index (χ0) is 27.5. The van der Waals surface area contributed by atoms with Gasteiger partial charge in [0.25, 0.3) is 0 Å². The zero-order valence-corrected chi connectivity index (χ0v) is 24.9. The van der Waals surface area contributed by atoms with Crippen LogP contribution in [-0.2, 0) is 18.9 Å². The molecule has 0 saturated heterocycles. The van der Waals surface area contributed by atoms with Crippen LogP contribution in [0.1, 0.15) is 110 Å². The van der Waals surface area contributed by atoms with Crippen LogP contribution in [-0.4, -0.2) is 69.1 Å². The van der Waals surface area contributed by atoms with E-state index in [9.17, 15) is 9.59 Å². The molecule has 0 aromatic carbocycles. The topological polar surface area (TPSA) is 86.3 Å². The van der Waals surface area contributed by atoms with E-state index in [1.54, 1.807) is 11.8 Å². The molecule has 1 N–H and O–H groups in total. The Kier molecular flexibility index (Phi) is 23.2. The van der Waals surface area contributed by atoms with E-state index >= 15 is 0 Å². The van der Waals surface area contributed by atoms with Gasteiger partial charge in [0.15, 0.2) is 6.10 Å². The monoisotopic (exact) mass is 558 g/mol. The Morgan fingerprint density at radius 1 is 0.816 bits per heavy atom. The first-order chi connectivity index (χ1) is 18.7. The summed E-state index contributed by atoms with van der Waals surface area (Å²) in [5.74, 6) is 0.858. The number of unbranched alkanes of at least 4 members (excludes halogenated alkanes) is 15. The van der Waals surface area contributed by atoms with E-state index in [0.717, 1.165) is 18.7 Å². The van der Waals surface area contributed by atoms with Gasteiger partial charge in [-0.1, -0.05) is 103 Å². The second-order valence-corrected chi connectivity index (χ2v) is 10.8. The van der Waals surface area contributed by atoms with Crippen molar-refractivity contribution in [1.82, 2.24) is 10.2 Å². The molecule has 9 heteroatoms. The van der Waals surface area contributed by atoms with Crippen molar-refractivity contribution in [2.45, 2.75) is 116 Å². The third-order valence-electron chi connectivity index (χ3n) is 6.52. The summed E-state index contributed by atoms with van der Waals surface area (Å²) >= 11 is 1.69. The van der Waals surface area contributed by atoms with Crippen molar-refractivity contribution in [3.63, 3.8) is 0 Å². The second kappa shape index (κ2) is 25.7. The molecule has 0 spiro atoms. The quantitative estimate of drug-likeness (QED) is 0.0904. The van der Waals surface area contributed by atoms with Gasteiger partial charge < -0.3 is 29.2 Å². The number of hydrogen-bond donors (Lipinski definition) is 1. The van der Waals surface area contributed by atoms with Crippen LogP contribution in [0.2, 0.25) is 0 Å². The molecule has 1 heterocycles. The number of carbonyl (C=O) groups is 2. The Morgan fingerprint density at radius 3 is 1.92 bits per heavy atom. The maximum atomic E-state index is 11.8. The lowest BCUT2D eigenvalue weighted by atomic mass is 10.0. The van der Waals surface area contributed by atoms with Crippen molar-refractivity contribution < 1.29 is 28.5 Å².